The minimum absolute atomic E-state index is 0.0320. The number of thioether (sulfide) groups is 1. The Balaban J connectivity index is 1.95. The molecule has 0 aliphatic heterocycles. The Bertz CT molecular complexity index is 982. The van der Waals surface area contributed by atoms with E-state index < -0.39 is 6.04 Å². The van der Waals surface area contributed by atoms with E-state index in [1.807, 2.05) is 35.8 Å². The molecular weight excluding hydrogens is 431 g/mol. The Morgan fingerprint density at radius 1 is 1.21 bits per heavy atom. The van der Waals surface area contributed by atoms with Crippen LogP contribution < -0.4 is 5.32 Å². The zero-order valence-electron chi connectivity index (χ0n) is 15.9. The van der Waals surface area contributed by atoms with E-state index in [0.29, 0.717) is 32.5 Å². The predicted octanol–water partition coefficient (Wildman–Crippen LogP) is 4.69. The standard InChI is InChI=1S/C20H20Cl2N4O2S/c1-13(23-18(27)11-28-2)19-24-25-20(29-12-14-6-4-3-5-7-14)26(19)17-9-8-15(21)10-16(17)22/h3-10,13H,11-12H2,1-2H3,(H,23,27). The number of nitrogens with one attached hydrogen (secondary N) is 1. The third-order valence-corrected chi connectivity index (χ3v) is 5.60. The summed E-state index contributed by atoms with van der Waals surface area (Å²) in [6.07, 6.45) is 0. The maximum atomic E-state index is 12.0. The van der Waals surface area contributed by atoms with E-state index in [2.05, 4.69) is 27.6 Å². The molecule has 1 aromatic heterocycles. The smallest absolute Gasteiger partial charge is 0.246 e. The van der Waals surface area contributed by atoms with Crippen molar-refractivity contribution in [3.05, 3.63) is 70.0 Å². The van der Waals surface area contributed by atoms with E-state index in [-0.39, 0.29) is 12.5 Å². The molecule has 0 aliphatic rings. The molecule has 0 aliphatic carbocycles. The molecule has 1 heterocycles. The lowest BCUT2D eigenvalue weighted by atomic mass is 10.2. The van der Waals surface area contributed by atoms with Crippen molar-refractivity contribution in [3.63, 3.8) is 0 Å². The molecule has 0 radical (unpaired) electrons. The van der Waals surface area contributed by atoms with Crippen LogP contribution in [0.5, 0.6) is 0 Å². The van der Waals surface area contributed by atoms with Crippen LogP contribution in [0.1, 0.15) is 24.4 Å². The van der Waals surface area contributed by atoms with Gasteiger partial charge in [0.15, 0.2) is 11.0 Å². The van der Waals surface area contributed by atoms with Gasteiger partial charge >= 0.3 is 0 Å². The van der Waals surface area contributed by atoms with Crippen molar-refractivity contribution < 1.29 is 9.53 Å². The van der Waals surface area contributed by atoms with E-state index in [9.17, 15) is 4.79 Å². The number of methoxy groups -OCH3 is 1. The second-order valence-corrected chi connectivity index (χ2v) is 8.05. The summed E-state index contributed by atoms with van der Waals surface area (Å²) in [7, 11) is 1.47. The number of halogens is 2. The summed E-state index contributed by atoms with van der Waals surface area (Å²) in [5, 5.41) is 13.2. The molecule has 3 rings (SSSR count). The van der Waals surface area contributed by atoms with Crippen LogP contribution in [0, 0.1) is 0 Å². The minimum atomic E-state index is -0.400. The summed E-state index contributed by atoms with van der Waals surface area (Å²) >= 11 is 14.1. The van der Waals surface area contributed by atoms with Crippen molar-refractivity contribution >= 4 is 40.9 Å². The Morgan fingerprint density at radius 2 is 1.97 bits per heavy atom. The van der Waals surface area contributed by atoms with Crippen LogP contribution in [0.3, 0.4) is 0 Å². The number of benzene rings is 2. The highest BCUT2D eigenvalue weighted by atomic mass is 35.5. The zero-order chi connectivity index (χ0) is 20.8. The fourth-order valence-electron chi connectivity index (χ4n) is 2.75. The molecule has 29 heavy (non-hydrogen) atoms. The van der Waals surface area contributed by atoms with Gasteiger partial charge in [0.1, 0.15) is 6.61 Å². The molecule has 0 fully saturated rings. The summed E-state index contributed by atoms with van der Waals surface area (Å²) in [5.74, 6) is 1.04. The SMILES string of the molecule is COCC(=O)NC(C)c1nnc(SCc2ccccc2)n1-c1ccc(Cl)cc1Cl. The quantitative estimate of drug-likeness (QED) is 0.504. The van der Waals surface area contributed by atoms with Gasteiger partial charge in [-0.05, 0) is 30.7 Å². The first-order valence-electron chi connectivity index (χ1n) is 8.85. The second kappa shape index (κ2) is 10.1. The van der Waals surface area contributed by atoms with Crippen molar-refractivity contribution in [2.45, 2.75) is 23.9 Å². The van der Waals surface area contributed by atoms with Gasteiger partial charge in [0.05, 0.1) is 16.8 Å². The molecule has 1 atom stereocenters. The number of carbonyl (C=O) groups excluding carboxylic acids is 1. The van der Waals surface area contributed by atoms with E-state index >= 15 is 0 Å². The molecule has 2 aromatic carbocycles. The first kappa shape index (κ1) is 21.6. The van der Waals surface area contributed by atoms with Gasteiger partial charge in [0, 0.05) is 17.9 Å². The Morgan fingerprint density at radius 3 is 2.66 bits per heavy atom. The van der Waals surface area contributed by atoms with Gasteiger partial charge in [0.25, 0.3) is 0 Å². The number of amides is 1. The second-order valence-electron chi connectivity index (χ2n) is 6.27. The lowest BCUT2D eigenvalue weighted by molar-refractivity contribution is -0.125. The number of hydrogen-bond acceptors (Lipinski definition) is 5. The maximum Gasteiger partial charge on any atom is 0.246 e. The molecule has 6 nitrogen and oxygen atoms in total. The van der Waals surface area contributed by atoms with Gasteiger partial charge in [-0.1, -0.05) is 65.3 Å². The molecule has 1 unspecified atom stereocenters. The summed E-state index contributed by atoms with van der Waals surface area (Å²) < 4.78 is 6.74. The molecule has 0 saturated carbocycles. The largest absolute Gasteiger partial charge is 0.375 e. The van der Waals surface area contributed by atoms with Crippen molar-refractivity contribution in [2.24, 2.45) is 0 Å². The molecule has 0 bridgehead atoms. The Hall–Kier alpha value is -2.06. The highest BCUT2D eigenvalue weighted by Crippen LogP contribution is 2.32. The molecule has 9 heteroatoms. The lowest BCUT2D eigenvalue weighted by Gasteiger charge is -2.17. The summed E-state index contributed by atoms with van der Waals surface area (Å²) in [4.78, 5) is 12.0. The van der Waals surface area contributed by atoms with Gasteiger partial charge in [-0.3, -0.25) is 9.36 Å². The monoisotopic (exact) mass is 450 g/mol. The van der Waals surface area contributed by atoms with E-state index in [1.54, 1.807) is 12.1 Å². The zero-order valence-corrected chi connectivity index (χ0v) is 18.3. The van der Waals surface area contributed by atoms with Crippen LogP contribution >= 0.6 is 35.0 Å². The van der Waals surface area contributed by atoms with Crippen LogP contribution in [0.15, 0.2) is 53.7 Å². The summed E-state index contributed by atoms with van der Waals surface area (Å²) in [6.45, 7) is 1.80. The van der Waals surface area contributed by atoms with Crippen LogP contribution in [0.25, 0.3) is 5.69 Å². The van der Waals surface area contributed by atoms with Gasteiger partial charge in [-0.15, -0.1) is 10.2 Å². The minimum Gasteiger partial charge on any atom is -0.375 e. The van der Waals surface area contributed by atoms with Crippen molar-refractivity contribution in [1.29, 1.82) is 0 Å². The average molecular weight is 451 g/mol. The Kier molecular flexibility index (Phi) is 7.55. The van der Waals surface area contributed by atoms with E-state index in [1.165, 1.54) is 18.9 Å². The molecule has 0 saturated heterocycles. The third-order valence-electron chi connectivity index (χ3n) is 4.06. The van der Waals surface area contributed by atoms with E-state index in [4.69, 9.17) is 27.9 Å². The van der Waals surface area contributed by atoms with Crippen molar-refractivity contribution in [1.82, 2.24) is 20.1 Å². The lowest BCUT2D eigenvalue weighted by Crippen LogP contribution is -2.31. The van der Waals surface area contributed by atoms with Crippen LogP contribution in [-0.4, -0.2) is 34.4 Å². The molecule has 0 spiro atoms. The predicted molar refractivity (Wildman–Crippen MR) is 116 cm³/mol. The van der Waals surface area contributed by atoms with Crippen LogP contribution in [0.2, 0.25) is 10.0 Å². The van der Waals surface area contributed by atoms with Gasteiger partial charge in [-0.2, -0.15) is 0 Å². The Labute approximate surface area is 183 Å². The third kappa shape index (κ3) is 5.51. The molecular formula is C20H20Cl2N4O2S. The maximum absolute atomic E-state index is 12.0. The van der Waals surface area contributed by atoms with Gasteiger partial charge < -0.3 is 10.1 Å². The highest BCUT2D eigenvalue weighted by Gasteiger charge is 2.22. The summed E-state index contributed by atoms with van der Waals surface area (Å²) in [5.41, 5.74) is 1.86. The first-order valence-corrected chi connectivity index (χ1v) is 10.6. The average Bonchev–Trinajstić information content (AvgIpc) is 3.11. The topological polar surface area (TPSA) is 69.0 Å². The van der Waals surface area contributed by atoms with Crippen LogP contribution in [-0.2, 0) is 15.3 Å². The fraction of sp³-hybridized carbons (Fsp3) is 0.250. The number of aromatic nitrogens is 3. The summed E-state index contributed by atoms with van der Waals surface area (Å²) in [6, 6.07) is 14.9. The molecule has 1 N–H and O–H groups in total. The van der Waals surface area contributed by atoms with Crippen molar-refractivity contribution in [3.8, 4) is 5.69 Å². The number of nitrogens with zero attached hydrogens (tertiary/aromatic N) is 3. The first-order chi connectivity index (χ1) is 14.0. The fourth-order valence-corrected chi connectivity index (χ4v) is 4.15. The van der Waals surface area contributed by atoms with E-state index in [0.717, 1.165) is 5.56 Å². The number of carbonyl (C=O) groups is 1. The van der Waals surface area contributed by atoms with Crippen LogP contribution in [0.4, 0.5) is 0 Å². The number of rotatable bonds is 8. The normalized spacial score (nSPS) is 12.0. The highest BCUT2D eigenvalue weighted by molar-refractivity contribution is 7.98. The molecule has 3 aromatic rings. The number of ether oxygens (including phenoxy) is 1. The van der Waals surface area contributed by atoms with Gasteiger partial charge in [-0.25, -0.2) is 0 Å². The number of hydrogen-bond donors (Lipinski definition) is 1. The molecule has 1 amide bonds. The van der Waals surface area contributed by atoms with Crippen molar-refractivity contribution in [2.75, 3.05) is 13.7 Å². The van der Waals surface area contributed by atoms with Gasteiger partial charge in [0.2, 0.25) is 5.91 Å². The molecule has 152 valence electrons.